The van der Waals surface area contributed by atoms with E-state index in [1.54, 1.807) is 0 Å². The highest BCUT2D eigenvalue weighted by Gasteiger charge is 2.05. The van der Waals surface area contributed by atoms with E-state index in [1.807, 2.05) is 0 Å². The van der Waals surface area contributed by atoms with Crippen molar-refractivity contribution in [3.05, 3.63) is 11.5 Å². The van der Waals surface area contributed by atoms with E-state index in [0.29, 0.717) is 6.54 Å². The number of rotatable bonds is 0. The third-order valence-corrected chi connectivity index (χ3v) is 1.69. The van der Waals surface area contributed by atoms with Gasteiger partial charge in [-0.15, -0.1) is 4.83 Å². The summed E-state index contributed by atoms with van der Waals surface area (Å²) in [4.78, 5) is 2.09. The minimum Gasteiger partial charge on any atom is -0.240 e. The van der Waals surface area contributed by atoms with Crippen LogP contribution in [0, 0.1) is 0 Å². The maximum Gasteiger partial charge on any atom is 0.246 e. The Kier molecular flexibility index (Phi) is 1.33. The van der Waals surface area contributed by atoms with Crippen molar-refractivity contribution >= 4 is 10.0 Å². The lowest BCUT2D eigenvalue weighted by atomic mass is 10.7. The molecule has 1 heterocycles. The predicted molar refractivity (Wildman–Crippen MR) is 29.2 cm³/mol. The molecule has 1 aliphatic heterocycles. The van der Waals surface area contributed by atoms with E-state index in [9.17, 15) is 8.42 Å². The van der Waals surface area contributed by atoms with Crippen LogP contribution >= 0.6 is 0 Å². The van der Waals surface area contributed by atoms with E-state index in [4.69, 9.17) is 0 Å². The molecule has 2 N–H and O–H groups in total. The van der Waals surface area contributed by atoms with E-state index < -0.39 is 10.0 Å². The van der Waals surface area contributed by atoms with Crippen LogP contribution in [0.1, 0.15) is 0 Å². The van der Waals surface area contributed by atoms with Crippen LogP contribution in [0.25, 0.3) is 0 Å². The number of hydrogen-bond acceptors (Lipinski definition) is 3. The Balaban J connectivity index is 2.87. The van der Waals surface area contributed by atoms with Crippen LogP contribution < -0.4 is 10.3 Å². The second-order valence-corrected chi connectivity index (χ2v) is 2.97. The van der Waals surface area contributed by atoms with Gasteiger partial charge < -0.3 is 0 Å². The Bertz CT molecular complexity index is 193. The number of sulfonamides is 1. The summed E-state index contributed by atoms with van der Waals surface area (Å²) in [5.41, 5.74) is 2.45. The summed E-state index contributed by atoms with van der Waals surface area (Å²) in [6.45, 7) is 0.555. The fraction of sp³-hybridized carbons (Fsp3) is 0.333. The fourth-order valence-corrected chi connectivity index (χ4v) is 1.11. The number of nitrogens with one attached hydrogen (secondary N) is 2. The van der Waals surface area contributed by atoms with E-state index in [2.05, 4.69) is 10.3 Å². The first-order chi connectivity index (χ1) is 3.71. The largest absolute Gasteiger partial charge is 0.246 e. The van der Waals surface area contributed by atoms with Crippen LogP contribution in [0.5, 0.6) is 0 Å². The first-order valence-corrected chi connectivity index (χ1v) is 3.66. The molecule has 0 saturated carbocycles. The van der Waals surface area contributed by atoms with E-state index >= 15 is 0 Å². The molecule has 0 bridgehead atoms. The monoisotopic (exact) mass is 134 g/mol. The third kappa shape index (κ3) is 1.29. The SMILES string of the molecule is O=S1(=O)C=CCNN1. The van der Waals surface area contributed by atoms with Crippen LogP contribution in [0.15, 0.2) is 11.5 Å². The van der Waals surface area contributed by atoms with Gasteiger partial charge in [-0.2, -0.15) is 0 Å². The third-order valence-electron chi connectivity index (χ3n) is 0.710. The van der Waals surface area contributed by atoms with Gasteiger partial charge >= 0.3 is 0 Å². The minimum atomic E-state index is -3.12. The van der Waals surface area contributed by atoms with Crippen molar-refractivity contribution in [2.24, 2.45) is 0 Å². The van der Waals surface area contributed by atoms with Crippen molar-refractivity contribution in [2.45, 2.75) is 0 Å². The highest BCUT2D eigenvalue weighted by Crippen LogP contribution is 1.87. The highest BCUT2D eigenvalue weighted by atomic mass is 32.2. The lowest BCUT2D eigenvalue weighted by Gasteiger charge is -2.05. The fourth-order valence-electron chi connectivity index (χ4n) is 0.410. The van der Waals surface area contributed by atoms with Crippen molar-refractivity contribution in [1.82, 2.24) is 10.3 Å². The topological polar surface area (TPSA) is 58.2 Å². The molecule has 0 amide bonds. The molecular weight excluding hydrogens is 128 g/mol. The zero-order valence-electron chi connectivity index (χ0n) is 4.09. The van der Waals surface area contributed by atoms with Crippen molar-refractivity contribution in [3.8, 4) is 0 Å². The Morgan fingerprint density at radius 2 is 2.25 bits per heavy atom. The van der Waals surface area contributed by atoms with Crippen molar-refractivity contribution in [3.63, 3.8) is 0 Å². The van der Waals surface area contributed by atoms with Gasteiger partial charge in [-0.3, -0.25) is 0 Å². The Hall–Kier alpha value is -0.390. The Labute approximate surface area is 47.6 Å². The molecule has 0 saturated heterocycles. The van der Waals surface area contributed by atoms with Gasteiger partial charge in [-0.1, -0.05) is 6.08 Å². The second-order valence-electron chi connectivity index (χ2n) is 1.40. The van der Waals surface area contributed by atoms with Gasteiger partial charge in [-0.25, -0.2) is 13.8 Å². The van der Waals surface area contributed by atoms with Crippen molar-refractivity contribution in [1.29, 1.82) is 0 Å². The zero-order chi connectivity index (χ0) is 6.04. The summed E-state index contributed by atoms with van der Waals surface area (Å²) in [7, 11) is -3.12. The average Bonchev–Trinajstić information content (AvgIpc) is 1.65. The molecule has 0 aromatic carbocycles. The molecular formula is C3H6N2O2S. The van der Waals surface area contributed by atoms with Gasteiger partial charge in [0.1, 0.15) is 0 Å². The first kappa shape index (κ1) is 5.74. The molecule has 0 unspecified atom stereocenters. The standard InChI is InChI=1S/C3H6N2O2S/c6-8(7)3-1-2-4-5-8/h1,3-5H,2H2. The minimum absolute atomic E-state index is 0.555. The van der Waals surface area contributed by atoms with Crippen molar-refractivity contribution in [2.75, 3.05) is 6.54 Å². The molecule has 1 rings (SSSR count). The normalized spacial score (nSPS) is 25.5. The lowest BCUT2D eigenvalue weighted by molar-refractivity contribution is 0.569. The quantitative estimate of drug-likeness (QED) is 0.444. The van der Waals surface area contributed by atoms with Crippen LogP contribution in [0.4, 0.5) is 0 Å². The highest BCUT2D eigenvalue weighted by molar-refractivity contribution is 7.92. The van der Waals surface area contributed by atoms with Crippen LogP contribution in [-0.2, 0) is 10.0 Å². The molecule has 0 fully saturated rings. The van der Waals surface area contributed by atoms with Gasteiger partial charge in [0, 0.05) is 12.0 Å². The number of hydrogen-bond donors (Lipinski definition) is 2. The maximum absolute atomic E-state index is 10.4. The first-order valence-electron chi connectivity index (χ1n) is 2.12. The summed E-state index contributed by atoms with van der Waals surface area (Å²) in [6.07, 6.45) is 1.53. The van der Waals surface area contributed by atoms with Gasteiger partial charge in [0.15, 0.2) is 0 Å². The summed E-state index contributed by atoms with van der Waals surface area (Å²) in [5, 5.41) is 1.13. The van der Waals surface area contributed by atoms with E-state index in [1.165, 1.54) is 6.08 Å². The second kappa shape index (κ2) is 1.85. The Morgan fingerprint density at radius 1 is 1.50 bits per heavy atom. The van der Waals surface area contributed by atoms with Crippen molar-refractivity contribution < 1.29 is 8.42 Å². The summed E-state index contributed by atoms with van der Waals surface area (Å²) in [5.74, 6) is 0. The summed E-state index contributed by atoms with van der Waals surface area (Å²) >= 11 is 0. The molecule has 4 nitrogen and oxygen atoms in total. The van der Waals surface area contributed by atoms with Gasteiger partial charge in [0.2, 0.25) is 10.0 Å². The van der Waals surface area contributed by atoms with Crippen LogP contribution in [0.2, 0.25) is 0 Å². The molecule has 0 aromatic heterocycles. The lowest BCUT2D eigenvalue weighted by Crippen LogP contribution is -2.38. The summed E-state index contributed by atoms with van der Waals surface area (Å²) < 4.78 is 20.8. The van der Waals surface area contributed by atoms with Gasteiger partial charge in [-0.05, 0) is 0 Å². The van der Waals surface area contributed by atoms with Gasteiger partial charge in [0.05, 0.1) is 0 Å². The maximum atomic E-state index is 10.4. The molecule has 0 aromatic rings. The zero-order valence-corrected chi connectivity index (χ0v) is 4.90. The average molecular weight is 134 g/mol. The summed E-state index contributed by atoms with van der Waals surface area (Å²) in [6, 6.07) is 0. The number of hydrazine groups is 1. The molecule has 0 spiro atoms. The molecule has 0 atom stereocenters. The molecule has 0 aliphatic carbocycles. The smallest absolute Gasteiger partial charge is 0.240 e. The van der Waals surface area contributed by atoms with Crippen LogP contribution in [0.3, 0.4) is 0 Å². The van der Waals surface area contributed by atoms with E-state index in [-0.39, 0.29) is 0 Å². The van der Waals surface area contributed by atoms with Gasteiger partial charge in [0.25, 0.3) is 0 Å². The molecule has 8 heavy (non-hydrogen) atoms. The molecule has 1 aliphatic rings. The van der Waals surface area contributed by atoms with E-state index in [0.717, 1.165) is 5.41 Å². The molecule has 0 radical (unpaired) electrons. The Morgan fingerprint density at radius 3 is 2.50 bits per heavy atom. The molecule has 5 heteroatoms. The predicted octanol–water partition coefficient (Wildman–Crippen LogP) is -1.06. The molecule has 46 valence electrons. The van der Waals surface area contributed by atoms with Crippen LogP contribution in [-0.4, -0.2) is 15.0 Å².